The van der Waals surface area contributed by atoms with Gasteiger partial charge >= 0.3 is 5.97 Å². The first kappa shape index (κ1) is 16.9. The van der Waals surface area contributed by atoms with Gasteiger partial charge in [-0.2, -0.15) is 0 Å². The van der Waals surface area contributed by atoms with E-state index in [0.29, 0.717) is 24.8 Å². The van der Waals surface area contributed by atoms with Gasteiger partial charge in [0.05, 0.1) is 11.0 Å². The Bertz CT molecular complexity index is 618. The molecule has 8 nitrogen and oxygen atoms in total. The molecule has 8 heteroatoms. The number of non-ortho nitro benzene ring substituents is 1. The quantitative estimate of drug-likeness (QED) is 0.609. The van der Waals surface area contributed by atoms with Crippen LogP contribution in [0.1, 0.15) is 37.8 Å². The Balaban J connectivity index is 2.05. The number of hydrogen-bond donors (Lipinski definition) is 2. The number of nitro groups is 1. The number of carbonyl (C=O) groups is 2. The maximum atomic E-state index is 12.2. The first-order valence-corrected chi connectivity index (χ1v) is 7.35. The molecule has 2 N–H and O–H groups in total. The van der Waals surface area contributed by atoms with Crippen LogP contribution >= 0.6 is 0 Å². The summed E-state index contributed by atoms with van der Waals surface area (Å²) in [7, 11) is 0. The topological polar surface area (TPSA) is 119 Å². The molecule has 0 saturated carbocycles. The van der Waals surface area contributed by atoms with E-state index in [4.69, 9.17) is 9.84 Å². The maximum absolute atomic E-state index is 12.2. The van der Waals surface area contributed by atoms with Crippen molar-refractivity contribution in [2.45, 2.75) is 44.4 Å². The number of nitrogens with one attached hydrogen (secondary N) is 1. The number of benzene rings is 1. The molecule has 3 atom stereocenters. The van der Waals surface area contributed by atoms with Gasteiger partial charge in [0.15, 0.2) is 6.10 Å². The lowest BCUT2D eigenvalue weighted by molar-refractivity contribution is -0.384. The predicted octanol–water partition coefficient (Wildman–Crippen LogP) is 1.79. The summed E-state index contributed by atoms with van der Waals surface area (Å²) in [5, 5.41) is 22.5. The normalized spacial score (nSPS) is 21.6. The Morgan fingerprint density at radius 3 is 2.70 bits per heavy atom. The molecule has 0 aromatic heterocycles. The van der Waals surface area contributed by atoms with E-state index in [0.717, 1.165) is 0 Å². The van der Waals surface area contributed by atoms with E-state index in [1.54, 1.807) is 12.1 Å². The number of rotatable bonds is 6. The molecule has 0 aliphatic carbocycles. The second-order valence-electron chi connectivity index (χ2n) is 5.35. The van der Waals surface area contributed by atoms with Gasteiger partial charge in [-0.3, -0.25) is 14.9 Å². The van der Waals surface area contributed by atoms with Crippen LogP contribution in [0.15, 0.2) is 24.3 Å². The fraction of sp³-hybridized carbons (Fsp3) is 0.467. The van der Waals surface area contributed by atoms with Crippen molar-refractivity contribution in [1.29, 1.82) is 0 Å². The lowest BCUT2D eigenvalue weighted by atomic mass is 10.0. The first-order valence-electron chi connectivity index (χ1n) is 7.35. The second kappa shape index (κ2) is 7.19. The maximum Gasteiger partial charge on any atom is 0.332 e. The zero-order chi connectivity index (χ0) is 17.0. The first-order chi connectivity index (χ1) is 10.9. The van der Waals surface area contributed by atoms with E-state index in [-0.39, 0.29) is 5.69 Å². The molecule has 0 bridgehead atoms. The lowest BCUT2D eigenvalue weighted by Gasteiger charge is -2.20. The third-order valence-corrected chi connectivity index (χ3v) is 3.80. The smallest absolute Gasteiger partial charge is 0.332 e. The van der Waals surface area contributed by atoms with Crippen molar-refractivity contribution >= 4 is 17.6 Å². The summed E-state index contributed by atoms with van der Waals surface area (Å²) in [5.74, 6) is -1.47. The summed E-state index contributed by atoms with van der Waals surface area (Å²) in [6, 6.07) is 5.68. The lowest BCUT2D eigenvalue weighted by Crippen LogP contribution is -2.37. The van der Waals surface area contributed by atoms with Crippen molar-refractivity contribution in [3.8, 4) is 0 Å². The molecule has 1 heterocycles. The van der Waals surface area contributed by atoms with Gasteiger partial charge in [0.1, 0.15) is 6.10 Å². The van der Waals surface area contributed by atoms with Crippen LogP contribution in [-0.4, -0.2) is 34.1 Å². The van der Waals surface area contributed by atoms with Crippen LogP contribution in [0.3, 0.4) is 0 Å². The van der Waals surface area contributed by atoms with Gasteiger partial charge in [0, 0.05) is 12.1 Å². The van der Waals surface area contributed by atoms with Gasteiger partial charge in [-0.1, -0.05) is 19.1 Å². The van der Waals surface area contributed by atoms with E-state index >= 15 is 0 Å². The molecule has 1 saturated heterocycles. The number of hydrogen-bond acceptors (Lipinski definition) is 5. The highest BCUT2D eigenvalue weighted by atomic mass is 16.6. The number of aliphatic carboxylic acids is 1. The van der Waals surface area contributed by atoms with Gasteiger partial charge in [0.2, 0.25) is 5.91 Å². The fourth-order valence-corrected chi connectivity index (χ4v) is 2.55. The van der Waals surface area contributed by atoms with E-state index < -0.39 is 35.0 Å². The molecule has 1 unspecified atom stereocenters. The minimum absolute atomic E-state index is 0.0433. The van der Waals surface area contributed by atoms with E-state index in [1.165, 1.54) is 12.1 Å². The standard InChI is InChI=1S/C15H18N2O6/c1-2-11(9-4-3-5-10(8-9)17(21)22)16-14(18)12-6-7-13(23-12)15(19)20/h3-5,8,11-13H,2,6-7H2,1H3,(H,16,18)(H,19,20)/t11?,12-,13+/m0/s1. The molecule has 1 aliphatic rings. The number of amides is 1. The summed E-state index contributed by atoms with van der Waals surface area (Å²) >= 11 is 0. The Morgan fingerprint density at radius 1 is 1.43 bits per heavy atom. The average Bonchev–Trinajstić information content (AvgIpc) is 3.02. The SMILES string of the molecule is CCC(NC(=O)[C@@H]1CC[C@H](C(=O)O)O1)c1cccc([N+](=O)[O-])c1. The largest absolute Gasteiger partial charge is 0.479 e. The highest BCUT2D eigenvalue weighted by Gasteiger charge is 2.35. The summed E-state index contributed by atoms with van der Waals surface area (Å²) in [6.07, 6.45) is -0.579. The zero-order valence-electron chi connectivity index (χ0n) is 12.6. The van der Waals surface area contributed by atoms with Crippen LogP contribution in [0.25, 0.3) is 0 Å². The number of carboxylic acids is 1. The van der Waals surface area contributed by atoms with Crippen LogP contribution in [-0.2, 0) is 14.3 Å². The number of nitro benzene ring substituents is 1. The summed E-state index contributed by atoms with van der Waals surface area (Å²) in [6.45, 7) is 1.85. The number of carboxylic acid groups (broad SMARTS) is 1. The van der Waals surface area contributed by atoms with Gasteiger partial charge in [0.25, 0.3) is 5.69 Å². The molecule has 0 spiro atoms. The summed E-state index contributed by atoms with van der Waals surface area (Å²) in [4.78, 5) is 33.4. The van der Waals surface area contributed by atoms with Crippen molar-refractivity contribution in [1.82, 2.24) is 5.32 Å². The van der Waals surface area contributed by atoms with Crippen LogP contribution in [0.2, 0.25) is 0 Å². The van der Waals surface area contributed by atoms with Crippen molar-refractivity contribution in [2.75, 3.05) is 0 Å². The van der Waals surface area contributed by atoms with Crippen molar-refractivity contribution in [3.05, 3.63) is 39.9 Å². The molecule has 124 valence electrons. The van der Waals surface area contributed by atoms with Gasteiger partial charge in [-0.05, 0) is 24.8 Å². The molecule has 1 aromatic rings. The highest BCUT2D eigenvalue weighted by molar-refractivity contribution is 5.83. The molecular weight excluding hydrogens is 304 g/mol. The minimum Gasteiger partial charge on any atom is -0.479 e. The second-order valence-corrected chi connectivity index (χ2v) is 5.35. The highest BCUT2D eigenvalue weighted by Crippen LogP contribution is 2.24. The summed E-state index contributed by atoms with van der Waals surface area (Å²) < 4.78 is 5.21. The van der Waals surface area contributed by atoms with Crippen LogP contribution in [0.4, 0.5) is 5.69 Å². The van der Waals surface area contributed by atoms with Crippen LogP contribution in [0.5, 0.6) is 0 Å². The van der Waals surface area contributed by atoms with Gasteiger partial charge in [-0.15, -0.1) is 0 Å². The van der Waals surface area contributed by atoms with Gasteiger partial charge in [-0.25, -0.2) is 4.79 Å². The third kappa shape index (κ3) is 4.04. The molecule has 1 fully saturated rings. The minimum atomic E-state index is -1.08. The number of carbonyl (C=O) groups excluding carboxylic acids is 1. The predicted molar refractivity (Wildman–Crippen MR) is 79.8 cm³/mol. The molecule has 1 aromatic carbocycles. The average molecular weight is 322 g/mol. The van der Waals surface area contributed by atoms with E-state index in [2.05, 4.69) is 5.32 Å². The monoisotopic (exact) mass is 322 g/mol. The van der Waals surface area contributed by atoms with Crippen molar-refractivity contribution in [3.63, 3.8) is 0 Å². The van der Waals surface area contributed by atoms with Crippen LogP contribution in [0, 0.1) is 10.1 Å². The molecule has 2 rings (SSSR count). The molecule has 1 amide bonds. The zero-order valence-corrected chi connectivity index (χ0v) is 12.6. The Morgan fingerprint density at radius 2 is 2.13 bits per heavy atom. The van der Waals surface area contributed by atoms with Crippen molar-refractivity contribution < 1.29 is 24.4 Å². The Kier molecular flexibility index (Phi) is 5.28. The molecular formula is C15H18N2O6. The molecule has 23 heavy (non-hydrogen) atoms. The molecule has 1 aliphatic heterocycles. The fourth-order valence-electron chi connectivity index (χ4n) is 2.55. The van der Waals surface area contributed by atoms with Gasteiger partial charge < -0.3 is 15.2 Å². The van der Waals surface area contributed by atoms with Crippen LogP contribution < -0.4 is 5.32 Å². The molecule has 0 radical (unpaired) electrons. The van der Waals surface area contributed by atoms with E-state index in [1.807, 2.05) is 6.92 Å². The third-order valence-electron chi connectivity index (χ3n) is 3.80. The van der Waals surface area contributed by atoms with E-state index in [9.17, 15) is 19.7 Å². The van der Waals surface area contributed by atoms with Crippen molar-refractivity contribution in [2.24, 2.45) is 0 Å². The Hall–Kier alpha value is -2.48. The number of ether oxygens (including phenoxy) is 1. The summed E-state index contributed by atoms with van der Waals surface area (Å²) in [5.41, 5.74) is 0.584. The Labute approximate surface area is 132 Å². The number of nitrogens with zero attached hydrogens (tertiary/aromatic N) is 1.